The molecule has 0 saturated carbocycles. The molecule has 0 bridgehead atoms. The third-order valence-corrected chi connectivity index (χ3v) is 2.34. The lowest BCUT2D eigenvalue weighted by molar-refractivity contribution is -0.118. The molecule has 0 aliphatic rings. The Hall–Kier alpha value is -1.46. The first-order valence-electron chi connectivity index (χ1n) is 5.10. The van der Waals surface area contributed by atoms with Crippen LogP contribution in [0.3, 0.4) is 0 Å². The molecule has 3 heteroatoms. The number of amides is 1. The molecule has 0 heterocycles. The SMILES string of the molecule is C#CCCN(C(=O)C(C)Cl)c1ccccc1. The number of anilines is 1. The smallest absolute Gasteiger partial charge is 0.244 e. The van der Waals surface area contributed by atoms with Crippen molar-refractivity contribution in [1.29, 1.82) is 0 Å². The summed E-state index contributed by atoms with van der Waals surface area (Å²) in [5, 5.41) is -0.544. The van der Waals surface area contributed by atoms with Gasteiger partial charge in [-0.2, -0.15) is 0 Å². The Morgan fingerprint density at radius 3 is 2.62 bits per heavy atom. The maximum absolute atomic E-state index is 11.9. The minimum atomic E-state index is -0.544. The van der Waals surface area contributed by atoms with Crippen molar-refractivity contribution in [2.75, 3.05) is 11.4 Å². The molecule has 0 saturated heterocycles. The van der Waals surface area contributed by atoms with E-state index in [0.717, 1.165) is 5.69 Å². The molecule has 1 unspecified atom stereocenters. The van der Waals surface area contributed by atoms with Crippen LogP contribution < -0.4 is 4.90 Å². The molecular weight excluding hydrogens is 222 g/mol. The molecule has 0 aromatic heterocycles. The van der Waals surface area contributed by atoms with Gasteiger partial charge >= 0.3 is 0 Å². The minimum absolute atomic E-state index is 0.122. The number of carbonyl (C=O) groups is 1. The predicted molar refractivity (Wildman–Crippen MR) is 67.6 cm³/mol. The lowest BCUT2D eigenvalue weighted by Crippen LogP contribution is -2.36. The molecule has 0 radical (unpaired) electrons. The highest BCUT2D eigenvalue weighted by Gasteiger charge is 2.19. The molecule has 0 aliphatic carbocycles. The van der Waals surface area contributed by atoms with E-state index >= 15 is 0 Å². The van der Waals surface area contributed by atoms with E-state index in [1.54, 1.807) is 11.8 Å². The summed E-state index contributed by atoms with van der Waals surface area (Å²) in [6, 6.07) is 9.40. The van der Waals surface area contributed by atoms with Crippen molar-refractivity contribution in [3.63, 3.8) is 0 Å². The summed E-state index contributed by atoms with van der Waals surface area (Å²) >= 11 is 5.81. The van der Waals surface area contributed by atoms with E-state index in [2.05, 4.69) is 5.92 Å². The highest BCUT2D eigenvalue weighted by atomic mass is 35.5. The summed E-state index contributed by atoms with van der Waals surface area (Å²) in [6.07, 6.45) is 5.73. The Bertz CT molecular complexity index is 381. The van der Waals surface area contributed by atoms with E-state index in [1.807, 2.05) is 30.3 Å². The van der Waals surface area contributed by atoms with Crippen LogP contribution in [0.1, 0.15) is 13.3 Å². The van der Waals surface area contributed by atoms with Gasteiger partial charge in [0.25, 0.3) is 0 Å². The molecule has 0 spiro atoms. The molecule has 1 atom stereocenters. The molecule has 0 N–H and O–H groups in total. The van der Waals surface area contributed by atoms with Gasteiger partial charge in [-0.3, -0.25) is 4.79 Å². The largest absolute Gasteiger partial charge is 0.310 e. The molecule has 0 aliphatic heterocycles. The van der Waals surface area contributed by atoms with Gasteiger partial charge < -0.3 is 4.90 Å². The Morgan fingerprint density at radius 2 is 2.12 bits per heavy atom. The monoisotopic (exact) mass is 235 g/mol. The molecule has 84 valence electrons. The van der Waals surface area contributed by atoms with Crippen molar-refractivity contribution in [2.45, 2.75) is 18.7 Å². The van der Waals surface area contributed by atoms with Crippen LogP contribution in [0.15, 0.2) is 30.3 Å². The van der Waals surface area contributed by atoms with Crippen molar-refractivity contribution in [3.8, 4) is 12.3 Å². The maximum atomic E-state index is 11.9. The summed E-state index contributed by atoms with van der Waals surface area (Å²) in [5.41, 5.74) is 0.829. The number of benzene rings is 1. The number of halogens is 1. The summed E-state index contributed by atoms with van der Waals surface area (Å²) in [6.45, 7) is 2.16. The van der Waals surface area contributed by atoms with Crippen molar-refractivity contribution >= 4 is 23.2 Å². The Balaban J connectivity index is 2.88. The Labute approximate surface area is 101 Å². The first kappa shape index (κ1) is 12.6. The number of alkyl halides is 1. The summed E-state index contributed by atoms with van der Waals surface area (Å²) in [4.78, 5) is 13.5. The van der Waals surface area contributed by atoms with Crippen molar-refractivity contribution < 1.29 is 4.79 Å². The molecule has 2 nitrogen and oxygen atoms in total. The lowest BCUT2D eigenvalue weighted by Gasteiger charge is -2.23. The van der Waals surface area contributed by atoms with E-state index in [9.17, 15) is 4.79 Å². The quantitative estimate of drug-likeness (QED) is 0.581. The first-order chi connectivity index (χ1) is 7.66. The molecule has 16 heavy (non-hydrogen) atoms. The standard InChI is InChI=1S/C13H14ClNO/c1-3-4-10-15(13(16)11(2)14)12-8-6-5-7-9-12/h1,5-9,11H,4,10H2,2H3. The Morgan fingerprint density at radius 1 is 1.50 bits per heavy atom. The van der Waals surface area contributed by atoms with E-state index in [0.29, 0.717) is 13.0 Å². The van der Waals surface area contributed by atoms with Crippen LogP contribution in [0, 0.1) is 12.3 Å². The van der Waals surface area contributed by atoms with Crippen LogP contribution in [0.2, 0.25) is 0 Å². The highest BCUT2D eigenvalue weighted by Crippen LogP contribution is 2.16. The fraction of sp³-hybridized carbons (Fsp3) is 0.308. The van der Waals surface area contributed by atoms with Crippen LogP contribution in [0.25, 0.3) is 0 Å². The average molecular weight is 236 g/mol. The van der Waals surface area contributed by atoms with E-state index in [4.69, 9.17) is 18.0 Å². The fourth-order valence-corrected chi connectivity index (χ4v) is 1.48. The number of rotatable bonds is 4. The topological polar surface area (TPSA) is 20.3 Å². The maximum Gasteiger partial charge on any atom is 0.244 e. The average Bonchev–Trinajstić information content (AvgIpc) is 2.30. The molecule has 1 aromatic carbocycles. The summed E-state index contributed by atoms with van der Waals surface area (Å²) in [7, 11) is 0. The van der Waals surface area contributed by atoms with Crippen LogP contribution >= 0.6 is 11.6 Å². The Kier molecular flexibility index (Phi) is 4.88. The zero-order valence-corrected chi connectivity index (χ0v) is 9.95. The van der Waals surface area contributed by atoms with Gasteiger partial charge in [-0.1, -0.05) is 18.2 Å². The second-order valence-electron chi connectivity index (χ2n) is 3.40. The normalized spacial score (nSPS) is 11.6. The van der Waals surface area contributed by atoms with Crippen molar-refractivity contribution in [2.24, 2.45) is 0 Å². The fourth-order valence-electron chi connectivity index (χ4n) is 1.37. The number of hydrogen-bond acceptors (Lipinski definition) is 1. The third kappa shape index (κ3) is 3.29. The second kappa shape index (κ2) is 6.19. The van der Waals surface area contributed by atoms with Gasteiger partial charge in [0.2, 0.25) is 5.91 Å². The van der Waals surface area contributed by atoms with E-state index in [1.165, 1.54) is 0 Å². The van der Waals surface area contributed by atoms with Gasteiger partial charge in [-0.15, -0.1) is 23.9 Å². The molecule has 1 aromatic rings. The van der Waals surface area contributed by atoms with E-state index in [-0.39, 0.29) is 5.91 Å². The van der Waals surface area contributed by atoms with Gasteiger partial charge in [0.15, 0.2) is 0 Å². The number of terminal acetylenes is 1. The number of para-hydroxylation sites is 1. The lowest BCUT2D eigenvalue weighted by atomic mass is 10.2. The van der Waals surface area contributed by atoms with Gasteiger partial charge in [0.05, 0.1) is 0 Å². The number of hydrogen-bond donors (Lipinski definition) is 0. The van der Waals surface area contributed by atoms with Crippen LogP contribution in [-0.2, 0) is 4.79 Å². The van der Waals surface area contributed by atoms with Gasteiger partial charge in [-0.25, -0.2) is 0 Å². The summed E-state index contributed by atoms with van der Waals surface area (Å²) in [5.74, 6) is 2.40. The molecule has 1 amide bonds. The van der Waals surface area contributed by atoms with Gasteiger partial charge in [0.1, 0.15) is 5.38 Å². The van der Waals surface area contributed by atoms with Crippen LogP contribution in [-0.4, -0.2) is 17.8 Å². The van der Waals surface area contributed by atoms with E-state index < -0.39 is 5.38 Å². The second-order valence-corrected chi connectivity index (χ2v) is 4.05. The molecular formula is C13H14ClNO. The van der Waals surface area contributed by atoms with Gasteiger partial charge in [0, 0.05) is 18.7 Å². The van der Waals surface area contributed by atoms with Crippen molar-refractivity contribution in [3.05, 3.63) is 30.3 Å². The highest BCUT2D eigenvalue weighted by molar-refractivity contribution is 6.32. The molecule has 1 rings (SSSR count). The van der Waals surface area contributed by atoms with Crippen LogP contribution in [0.5, 0.6) is 0 Å². The molecule has 0 fully saturated rings. The zero-order chi connectivity index (χ0) is 12.0. The first-order valence-corrected chi connectivity index (χ1v) is 5.54. The minimum Gasteiger partial charge on any atom is -0.310 e. The van der Waals surface area contributed by atoms with Crippen LogP contribution in [0.4, 0.5) is 5.69 Å². The summed E-state index contributed by atoms with van der Waals surface area (Å²) < 4.78 is 0. The van der Waals surface area contributed by atoms with Gasteiger partial charge in [-0.05, 0) is 19.1 Å². The number of carbonyl (C=O) groups excluding carboxylic acids is 1. The zero-order valence-electron chi connectivity index (χ0n) is 9.19. The van der Waals surface area contributed by atoms with Crippen molar-refractivity contribution in [1.82, 2.24) is 0 Å². The number of nitrogens with zero attached hydrogens (tertiary/aromatic N) is 1. The third-order valence-electron chi connectivity index (χ3n) is 2.15. The predicted octanol–water partition coefficient (Wildman–Crippen LogP) is 2.67.